The summed E-state index contributed by atoms with van der Waals surface area (Å²) in [5.74, 6) is -0.315. The number of unbranched alkanes of at least 4 members (excludes halogenated alkanes) is 3. The molecule has 0 fully saturated rings. The maximum absolute atomic E-state index is 10.5. The van der Waals surface area contributed by atoms with Gasteiger partial charge >= 0.3 is 5.97 Å². The summed E-state index contributed by atoms with van der Waals surface area (Å²) in [5, 5.41) is 19.6. The number of aryl methyl sites for hydroxylation is 1. The monoisotopic (exact) mass is 498 g/mol. The van der Waals surface area contributed by atoms with Crippen LogP contribution in [-0.4, -0.2) is 33.1 Å². The molecule has 0 radical (unpaired) electrons. The SMILES string of the molecule is CCCCCCOc1cnnnc1CCC(=O)O.c1ccc(N(c2ccccc2)c2ccccc2)cc1. The Balaban J connectivity index is 0.000000206. The number of rotatable bonds is 12. The van der Waals surface area contributed by atoms with Crippen LogP contribution in [0.25, 0.3) is 0 Å². The fraction of sp³-hybridized carbons (Fsp3) is 0.267. The number of carbonyl (C=O) groups is 1. The molecule has 4 aromatic rings. The molecule has 37 heavy (non-hydrogen) atoms. The molecule has 0 saturated heterocycles. The number of anilines is 3. The normalized spacial score (nSPS) is 10.2. The zero-order valence-electron chi connectivity index (χ0n) is 21.2. The molecule has 0 aliphatic carbocycles. The lowest BCUT2D eigenvalue weighted by Gasteiger charge is -2.25. The molecule has 0 bridgehead atoms. The van der Waals surface area contributed by atoms with Crippen molar-refractivity contribution in [2.75, 3.05) is 11.5 Å². The molecule has 1 N–H and O–H groups in total. The molecule has 0 aliphatic rings. The molecule has 4 rings (SSSR count). The van der Waals surface area contributed by atoms with Crippen molar-refractivity contribution in [2.45, 2.75) is 45.4 Å². The van der Waals surface area contributed by atoms with Crippen LogP contribution in [0.2, 0.25) is 0 Å². The van der Waals surface area contributed by atoms with Gasteiger partial charge in [-0.2, -0.15) is 0 Å². The Kier molecular flexibility index (Phi) is 11.6. The highest BCUT2D eigenvalue weighted by molar-refractivity contribution is 5.76. The van der Waals surface area contributed by atoms with Crippen LogP contribution in [0.5, 0.6) is 5.75 Å². The van der Waals surface area contributed by atoms with Gasteiger partial charge in [0.25, 0.3) is 0 Å². The number of carboxylic acids is 1. The summed E-state index contributed by atoms with van der Waals surface area (Å²) in [6, 6.07) is 31.3. The zero-order chi connectivity index (χ0) is 26.1. The number of carboxylic acid groups (broad SMARTS) is 1. The van der Waals surface area contributed by atoms with E-state index in [2.05, 4.69) is 100 Å². The first-order valence-corrected chi connectivity index (χ1v) is 12.7. The van der Waals surface area contributed by atoms with E-state index in [9.17, 15) is 4.79 Å². The van der Waals surface area contributed by atoms with Crippen LogP contribution in [-0.2, 0) is 11.2 Å². The van der Waals surface area contributed by atoms with Gasteiger partial charge in [0.2, 0.25) is 0 Å². The fourth-order valence-electron chi connectivity index (χ4n) is 3.69. The highest BCUT2D eigenvalue weighted by Crippen LogP contribution is 2.33. The van der Waals surface area contributed by atoms with Gasteiger partial charge in [-0.25, -0.2) is 0 Å². The molecule has 0 aliphatic heterocycles. The van der Waals surface area contributed by atoms with Gasteiger partial charge in [-0.1, -0.05) is 80.8 Å². The lowest BCUT2D eigenvalue weighted by Crippen LogP contribution is -2.09. The van der Waals surface area contributed by atoms with Gasteiger partial charge in [-0.15, -0.1) is 10.2 Å². The summed E-state index contributed by atoms with van der Waals surface area (Å²) in [6.07, 6.45) is 6.32. The van der Waals surface area contributed by atoms with Crippen LogP contribution in [0, 0.1) is 0 Å². The number of aliphatic carboxylic acids is 1. The van der Waals surface area contributed by atoms with Crippen LogP contribution in [0.15, 0.2) is 97.2 Å². The topological polar surface area (TPSA) is 88.4 Å². The lowest BCUT2D eigenvalue weighted by atomic mass is 10.2. The molecule has 1 aromatic heterocycles. The Morgan fingerprint density at radius 2 is 1.35 bits per heavy atom. The van der Waals surface area contributed by atoms with Gasteiger partial charge in [0.05, 0.1) is 19.2 Å². The minimum Gasteiger partial charge on any atom is -0.490 e. The number of para-hydroxylation sites is 3. The second-order valence-corrected chi connectivity index (χ2v) is 8.39. The van der Waals surface area contributed by atoms with E-state index < -0.39 is 5.97 Å². The Labute approximate surface area is 218 Å². The number of ether oxygens (including phenoxy) is 1. The number of aromatic nitrogens is 3. The zero-order valence-corrected chi connectivity index (χ0v) is 21.2. The van der Waals surface area contributed by atoms with E-state index in [4.69, 9.17) is 9.84 Å². The molecular formula is C30H34N4O3. The van der Waals surface area contributed by atoms with Gasteiger partial charge in [0.1, 0.15) is 5.69 Å². The Morgan fingerprint density at radius 3 is 1.84 bits per heavy atom. The summed E-state index contributed by atoms with van der Waals surface area (Å²) in [6.45, 7) is 2.76. The number of benzene rings is 3. The Morgan fingerprint density at radius 1 is 0.811 bits per heavy atom. The van der Waals surface area contributed by atoms with Gasteiger partial charge in [0.15, 0.2) is 5.75 Å². The maximum atomic E-state index is 10.5. The van der Waals surface area contributed by atoms with Crippen LogP contribution in [0.3, 0.4) is 0 Å². The largest absolute Gasteiger partial charge is 0.490 e. The lowest BCUT2D eigenvalue weighted by molar-refractivity contribution is -0.136. The van der Waals surface area contributed by atoms with Gasteiger partial charge in [0, 0.05) is 23.5 Å². The maximum Gasteiger partial charge on any atom is 0.303 e. The molecule has 3 aromatic carbocycles. The summed E-state index contributed by atoms with van der Waals surface area (Å²) in [7, 11) is 0. The fourth-order valence-corrected chi connectivity index (χ4v) is 3.69. The molecule has 0 unspecified atom stereocenters. The van der Waals surface area contributed by atoms with Crippen molar-refractivity contribution in [1.29, 1.82) is 0 Å². The van der Waals surface area contributed by atoms with Crippen molar-refractivity contribution >= 4 is 23.0 Å². The summed E-state index contributed by atoms with van der Waals surface area (Å²) in [5.41, 5.74) is 4.06. The Bertz CT molecular complexity index is 1080. The van der Waals surface area contributed by atoms with Gasteiger partial charge in [-0.3, -0.25) is 4.79 Å². The predicted octanol–water partition coefficient (Wildman–Crippen LogP) is 7.00. The minimum atomic E-state index is -0.859. The molecule has 0 saturated carbocycles. The van der Waals surface area contributed by atoms with Crippen molar-refractivity contribution in [3.63, 3.8) is 0 Å². The first kappa shape index (κ1) is 27.3. The third-order valence-electron chi connectivity index (χ3n) is 5.55. The van der Waals surface area contributed by atoms with Crippen molar-refractivity contribution in [3.8, 4) is 5.75 Å². The van der Waals surface area contributed by atoms with Crippen LogP contribution < -0.4 is 9.64 Å². The number of hydrogen-bond acceptors (Lipinski definition) is 6. The molecule has 192 valence electrons. The first-order valence-electron chi connectivity index (χ1n) is 12.7. The van der Waals surface area contributed by atoms with E-state index >= 15 is 0 Å². The smallest absolute Gasteiger partial charge is 0.303 e. The second-order valence-electron chi connectivity index (χ2n) is 8.39. The van der Waals surface area contributed by atoms with Gasteiger partial charge < -0.3 is 14.7 Å². The van der Waals surface area contributed by atoms with E-state index in [0.717, 1.165) is 12.8 Å². The van der Waals surface area contributed by atoms with Crippen molar-refractivity contribution in [2.24, 2.45) is 0 Å². The third kappa shape index (κ3) is 9.37. The molecule has 1 heterocycles. The highest BCUT2D eigenvalue weighted by Gasteiger charge is 2.10. The summed E-state index contributed by atoms with van der Waals surface area (Å²) >= 11 is 0. The van der Waals surface area contributed by atoms with Crippen molar-refractivity contribution in [1.82, 2.24) is 15.4 Å². The third-order valence-corrected chi connectivity index (χ3v) is 5.55. The molecule has 0 atom stereocenters. The molecule has 0 amide bonds. The highest BCUT2D eigenvalue weighted by atomic mass is 16.5. The minimum absolute atomic E-state index is 0.0187. The molecule has 7 nitrogen and oxygen atoms in total. The van der Waals surface area contributed by atoms with Crippen LogP contribution in [0.1, 0.15) is 44.7 Å². The predicted molar refractivity (Wildman–Crippen MR) is 147 cm³/mol. The van der Waals surface area contributed by atoms with Crippen molar-refractivity contribution < 1.29 is 14.6 Å². The van der Waals surface area contributed by atoms with Gasteiger partial charge in [-0.05, 0) is 48.0 Å². The number of nitrogens with zero attached hydrogens (tertiary/aromatic N) is 4. The van der Waals surface area contributed by atoms with E-state index in [-0.39, 0.29) is 6.42 Å². The molecular weight excluding hydrogens is 464 g/mol. The molecule has 7 heteroatoms. The summed E-state index contributed by atoms with van der Waals surface area (Å²) in [4.78, 5) is 12.8. The van der Waals surface area contributed by atoms with Crippen LogP contribution in [0.4, 0.5) is 17.1 Å². The van der Waals surface area contributed by atoms with Crippen LogP contribution >= 0.6 is 0 Å². The second kappa shape index (κ2) is 15.7. The quantitative estimate of drug-likeness (QED) is 0.210. The Hall–Kier alpha value is -4.26. The number of hydrogen-bond donors (Lipinski definition) is 1. The van der Waals surface area contributed by atoms with E-state index in [0.29, 0.717) is 24.5 Å². The van der Waals surface area contributed by atoms with Crippen molar-refractivity contribution in [3.05, 3.63) is 103 Å². The first-order chi connectivity index (χ1) is 18.2. The van der Waals surface area contributed by atoms with E-state index in [1.54, 1.807) is 0 Å². The van der Waals surface area contributed by atoms with E-state index in [1.807, 2.05) is 18.2 Å². The molecule has 0 spiro atoms. The standard InChI is InChI=1S/C18H15N.C12H19N3O3/c1-4-10-16(11-5-1)19(17-12-6-2-7-13-17)18-14-8-3-9-15-18;1-2-3-4-5-8-18-11-9-13-15-14-10(11)6-7-12(16)17/h1-15H;9H,2-8H2,1H3,(H,16,17). The van der Waals surface area contributed by atoms with E-state index in [1.165, 1.54) is 36.1 Å². The average Bonchev–Trinajstić information content (AvgIpc) is 2.95. The summed E-state index contributed by atoms with van der Waals surface area (Å²) < 4.78 is 5.56. The average molecular weight is 499 g/mol.